The maximum absolute atomic E-state index is 13.1. The molecule has 0 saturated carbocycles. The van der Waals surface area contributed by atoms with Crippen molar-refractivity contribution in [3.05, 3.63) is 119 Å². The van der Waals surface area contributed by atoms with Crippen molar-refractivity contribution in [3.8, 4) is 0 Å². The van der Waals surface area contributed by atoms with E-state index in [1.807, 2.05) is 53.1 Å². The van der Waals surface area contributed by atoms with Gasteiger partial charge < -0.3 is 15.2 Å². The molecule has 1 heterocycles. The summed E-state index contributed by atoms with van der Waals surface area (Å²) in [7, 11) is 0. The molecule has 1 atom stereocenters. The minimum Gasteiger partial charge on any atom is -0.341 e. The molecular formula is C26H23ClN4O2. The Labute approximate surface area is 197 Å². The Morgan fingerprint density at radius 3 is 2.48 bits per heavy atom. The molecule has 4 aromatic rings. The number of rotatable bonds is 8. The van der Waals surface area contributed by atoms with E-state index in [-0.39, 0.29) is 17.9 Å². The second kappa shape index (κ2) is 10.6. The molecule has 33 heavy (non-hydrogen) atoms. The molecule has 0 radical (unpaired) electrons. The molecule has 7 heteroatoms. The molecular weight excluding hydrogens is 436 g/mol. The third-order valence-electron chi connectivity index (χ3n) is 5.16. The molecule has 0 aliphatic rings. The lowest BCUT2D eigenvalue weighted by atomic mass is 9.98. The van der Waals surface area contributed by atoms with E-state index in [4.69, 9.17) is 11.6 Å². The summed E-state index contributed by atoms with van der Waals surface area (Å²) in [5.41, 5.74) is 2.84. The van der Waals surface area contributed by atoms with Gasteiger partial charge >= 0.3 is 0 Å². The molecule has 0 bridgehead atoms. The van der Waals surface area contributed by atoms with Gasteiger partial charge in [-0.25, -0.2) is 4.98 Å². The third kappa shape index (κ3) is 6.08. The van der Waals surface area contributed by atoms with Crippen LogP contribution in [0.3, 0.4) is 0 Å². The number of carbonyl (C=O) groups is 2. The average molecular weight is 459 g/mol. The summed E-state index contributed by atoms with van der Waals surface area (Å²) in [6.45, 7) is 0.532. The molecule has 4 rings (SSSR count). The average Bonchev–Trinajstić information content (AvgIpc) is 3.36. The first-order valence-electron chi connectivity index (χ1n) is 10.6. The van der Waals surface area contributed by atoms with Crippen LogP contribution in [0.5, 0.6) is 0 Å². The molecule has 6 nitrogen and oxygen atoms in total. The van der Waals surface area contributed by atoms with Crippen LogP contribution in [0.15, 0.2) is 97.6 Å². The molecule has 2 N–H and O–H groups in total. The quantitative estimate of drug-likeness (QED) is 0.386. The molecule has 3 aromatic carbocycles. The number of anilines is 1. The number of aryl methyl sites for hydroxylation is 1. The number of hydrogen-bond acceptors (Lipinski definition) is 3. The number of nitrogens with zero attached hydrogens (tertiary/aromatic N) is 2. The Kier molecular flexibility index (Phi) is 7.17. The van der Waals surface area contributed by atoms with Gasteiger partial charge in [0.05, 0.1) is 12.4 Å². The summed E-state index contributed by atoms with van der Waals surface area (Å²) in [6, 6.07) is 23.7. The lowest BCUT2D eigenvalue weighted by Crippen LogP contribution is -2.29. The first kappa shape index (κ1) is 22.3. The highest BCUT2D eigenvalue weighted by Crippen LogP contribution is 2.25. The van der Waals surface area contributed by atoms with Crippen molar-refractivity contribution in [2.45, 2.75) is 19.0 Å². The Morgan fingerprint density at radius 1 is 0.939 bits per heavy atom. The maximum Gasteiger partial charge on any atom is 0.252 e. The second-order valence-electron chi connectivity index (χ2n) is 7.55. The molecule has 0 spiro atoms. The molecule has 0 saturated heterocycles. The summed E-state index contributed by atoms with van der Waals surface area (Å²) in [6.07, 6.45) is 5.45. The van der Waals surface area contributed by atoms with E-state index in [0.717, 1.165) is 11.1 Å². The fourth-order valence-corrected chi connectivity index (χ4v) is 3.72. The molecule has 1 unspecified atom stereocenters. The summed E-state index contributed by atoms with van der Waals surface area (Å²) < 4.78 is 1.84. The van der Waals surface area contributed by atoms with Crippen molar-refractivity contribution in [1.29, 1.82) is 0 Å². The SMILES string of the molecule is O=C(CCn1ccnc1)Nc1cccc(C(=O)NC(c2ccccc2)c2cccc(Cl)c2)c1. The minimum absolute atomic E-state index is 0.137. The highest BCUT2D eigenvalue weighted by molar-refractivity contribution is 6.30. The Bertz CT molecular complexity index is 1230. The Balaban J connectivity index is 1.47. The van der Waals surface area contributed by atoms with E-state index in [1.54, 1.807) is 49.1 Å². The standard InChI is InChI=1S/C26H23ClN4O2/c27-22-10-4-8-20(16-22)25(19-6-2-1-3-7-19)30-26(33)21-9-5-11-23(17-21)29-24(32)12-14-31-15-13-28-18-31/h1-11,13,15-18,25H,12,14H2,(H,29,32)(H,30,33). The summed E-state index contributed by atoms with van der Waals surface area (Å²) >= 11 is 6.20. The van der Waals surface area contributed by atoms with Crippen LogP contribution in [0.2, 0.25) is 5.02 Å². The van der Waals surface area contributed by atoms with Crippen molar-refractivity contribution < 1.29 is 9.59 Å². The monoisotopic (exact) mass is 458 g/mol. The van der Waals surface area contributed by atoms with Gasteiger partial charge in [-0.05, 0) is 41.5 Å². The smallest absolute Gasteiger partial charge is 0.252 e. The topological polar surface area (TPSA) is 76.0 Å². The van der Waals surface area contributed by atoms with Crippen molar-refractivity contribution in [2.24, 2.45) is 0 Å². The lowest BCUT2D eigenvalue weighted by Gasteiger charge is -2.20. The zero-order valence-electron chi connectivity index (χ0n) is 17.8. The number of aromatic nitrogens is 2. The van der Waals surface area contributed by atoms with E-state index >= 15 is 0 Å². The van der Waals surface area contributed by atoms with Crippen LogP contribution in [-0.4, -0.2) is 21.4 Å². The predicted octanol–water partition coefficient (Wildman–Crippen LogP) is 5.08. The highest BCUT2D eigenvalue weighted by atomic mass is 35.5. The Hall–Kier alpha value is -3.90. The Morgan fingerprint density at radius 2 is 1.73 bits per heavy atom. The molecule has 166 valence electrons. The molecule has 0 aliphatic heterocycles. The number of hydrogen-bond donors (Lipinski definition) is 2. The number of halogens is 1. The van der Waals surface area contributed by atoms with Gasteiger partial charge in [0.1, 0.15) is 0 Å². The van der Waals surface area contributed by atoms with Crippen LogP contribution in [0.25, 0.3) is 0 Å². The summed E-state index contributed by atoms with van der Waals surface area (Å²) in [4.78, 5) is 29.4. The van der Waals surface area contributed by atoms with Gasteiger partial charge in [0, 0.05) is 41.6 Å². The maximum atomic E-state index is 13.1. The van der Waals surface area contributed by atoms with Gasteiger partial charge in [-0.2, -0.15) is 0 Å². The van der Waals surface area contributed by atoms with Gasteiger partial charge in [0.15, 0.2) is 0 Å². The third-order valence-corrected chi connectivity index (χ3v) is 5.39. The van der Waals surface area contributed by atoms with Crippen LogP contribution in [0.1, 0.15) is 33.9 Å². The number of imidazole rings is 1. The second-order valence-corrected chi connectivity index (χ2v) is 7.99. The van der Waals surface area contributed by atoms with Crippen LogP contribution in [-0.2, 0) is 11.3 Å². The first-order chi connectivity index (χ1) is 16.1. The normalized spacial score (nSPS) is 11.5. The summed E-state index contributed by atoms with van der Waals surface area (Å²) in [5.74, 6) is -0.388. The number of benzene rings is 3. The zero-order valence-corrected chi connectivity index (χ0v) is 18.6. The predicted molar refractivity (Wildman–Crippen MR) is 129 cm³/mol. The van der Waals surface area contributed by atoms with Crippen LogP contribution >= 0.6 is 11.6 Å². The van der Waals surface area contributed by atoms with Crippen molar-refractivity contribution in [3.63, 3.8) is 0 Å². The van der Waals surface area contributed by atoms with Gasteiger partial charge in [0.25, 0.3) is 5.91 Å². The van der Waals surface area contributed by atoms with E-state index < -0.39 is 0 Å². The molecule has 0 aliphatic carbocycles. The largest absolute Gasteiger partial charge is 0.341 e. The van der Waals surface area contributed by atoms with Crippen molar-refractivity contribution in [2.75, 3.05) is 5.32 Å². The first-order valence-corrected chi connectivity index (χ1v) is 10.9. The molecule has 2 amide bonds. The van der Waals surface area contributed by atoms with Crippen LogP contribution in [0, 0.1) is 0 Å². The minimum atomic E-state index is -0.370. The van der Waals surface area contributed by atoms with Gasteiger partial charge in [-0.1, -0.05) is 60.1 Å². The molecule has 1 aromatic heterocycles. The van der Waals surface area contributed by atoms with Gasteiger partial charge in [0.2, 0.25) is 5.91 Å². The van der Waals surface area contributed by atoms with E-state index in [9.17, 15) is 9.59 Å². The number of carbonyl (C=O) groups excluding carboxylic acids is 2. The number of amides is 2. The van der Waals surface area contributed by atoms with Gasteiger partial charge in [-0.3, -0.25) is 9.59 Å². The van der Waals surface area contributed by atoms with E-state index in [0.29, 0.717) is 29.2 Å². The fraction of sp³-hybridized carbons (Fsp3) is 0.115. The lowest BCUT2D eigenvalue weighted by molar-refractivity contribution is -0.116. The van der Waals surface area contributed by atoms with E-state index in [2.05, 4.69) is 15.6 Å². The molecule has 0 fully saturated rings. The highest BCUT2D eigenvalue weighted by Gasteiger charge is 2.18. The number of nitrogens with one attached hydrogen (secondary N) is 2. The van der Waals surface area contributed by atoms with Crippen LogP contribution in [0.4, 0.5) is 5.69 Å². The van der Waals surface area contributed by atoms with Crippen LogP contribution < -0.4 is 10.6 Å². The zero-order chi connectivity index (χ0) is 23.0. The van der Waals surface area contributed by atoms with Crippen molar-refractivity contribution >= 4 is 29.1 Å². The van der Waals surface area contributed by atoms with Crippen molar-refractivity contribution in [1.82, 2.24) is 14.9 Å². The van der Waals surface area contributed by atoms with E-state index in [1.165, 1.54) is 0 Å². The van der Waals surface area contributed by atoms with Gasteiger partial charge in [-0.15, -0.1) is 0 Å². The fourth-order valence-electron chi connectivity index (χ4n) is 3.52. The summed E-state index contributed by atoms with van der Waals surface area (Å²) in [5, 5.41) is 6.55.